The zero-order valence-electron chi connectivity index (χ0n) is 13.7. The van der Waals surface area contributed by atoms with Crippen molar-refractivity contribution in [3.8, 4) is 0 Å². The van der Waals surface area contributed by atoms with Crippen molar-refractivity contribution in [1.29, 1.82) is 0 Å². The second-order valence-electron chi connectivity index (χ2n) is 6.42. The second kappa shape index (κ2) is 6.20. The average molecular weight is 325 g/mol. The molecule has 2 fully saturated rings. The van der Waals surface area contributed by atoms with E-state index >= 15 is 0 Å². The van der Waals surface area contributed by atoms with E-state index in [-0.39, 0.29) is 5.91 Å². The Morgan fingerprint density at radius 2 is 1.95 bits per heavy atom. The molecule has 6 heteroatoms. The highest BCUT2D eigenvalue weighted by atomic mass is 35.5. The van der Waals surface area contributed by atoms with Gasteiger partial charge in [-0.05, 0) is 45.7 Å². The molecule has 0 N–H and O–H groups in total. The first-order valence-electron chi connectivity index (χ1n) is 8.28. The molecule has 1 aromatic rings. The van der Waals surface area contributed by atoms with Gasteiger partial charge in [-0.25, -0.2) is 0 Å². The highest BCUT2D eigenvalue weighted by molar-refractivity contribution is 6.33. The Labute approximate surface area is 137 Å². The zero-order valence-corrected chi connectivity index (χ0v) is 14.4. The van der Waals surface area contributed by atoms with Crippen molar-refractivity contribution < 1.29 is 4.79 Å². The van der Waals surface area contributed by atoms with Crippen LogP contribution in [0, 0.1) is 6.92 Å². The Morgan fingerprint density at radius 1 is 1.27 bits per heavy atom. The van der Waals surface area contributed by atoms with Crippen LogP contribution in [-0.4, -0.2) is 57.2 Å². The van der Waals surface area contributed by atoms with E-state index in [1.807, 2.05) is 6.92 Å². The van der Waals surface area contributed by atoms with Gasteiger partial charge in [0.15, 0.2) is 0 Å². The average Bonchev–Trinajstić information content (AvgIpc) is 3.18. The number of likely N-dealkylation sites (N-methyl/N-ethyl adjacent to an activating group) is 1. The summed E-state index contributed by atoms with van der Waals surface area (Å²) in [5.41, 5.74) is 1.30. The van der Waals surface area contributed by atoms with E-state index in [1.54, 1.807) is 11.7 Å². The van der Waals surface area contributed by atoms with Crippen LogP contribution in [0.2, 0.25) is 5.15 Å². The molecule has 122 valence electrons. The molecule has 3 rings (SSSR count). The number of likely N-dealkylation sites (tertiary alicyclic amines) is 2. The second-order valence-corrected chi connectivity index (χ2v) is 6.78. The van der Waals surface area contributed by atoms with Gasteiger partial charge >= 0.3 is 0 Å². The molecule has 0 bridgehead atoms. The summed E-state index contributed by atoms with van der Waals surface area (Å²) in [5, 5.41) is 4.73. The third kappa shape index (κ3) is 2.54. The number of carbonyl (C=O) groups is 1. The van der Waals surface area contributed by atoms with Crippen LogP contribution in [0.1, 0.15) is 48.7 Å². The zero-order chi connectivity index (χ0) is 15.9. The van der Waals surface area contributed by atoms with Crippen molar-refractivity contribution in [1.82, 2.24) is 19.6 Å². The lowest BCUT2D eigenvalue weighted by Gasteiger charge is -2.34. The van der Waals surface area contributed by atoms with Crippen molar-refractivity contribution >= 4 is 17.5 Å². The molecule has 0 radical (unpaired) electrons. The first-order valence-corrected chi connectivity index (χ1v) is 8.66. The lowest BCUT2D eigenvalue weighted by atomic mass is 10.0. The molecule has 0 aromatic carbocycles. The number of aryl methyl sites for hydroxylation is 2. The van der Waals surface area contributed by atoms with Crippen molar-refractivity contribution in [2.75, 3.05) is 19.6 Å². The van der Waals surface area contributed by atoms with Gasteiger partial charge in [0.05, 0.1) is 11.3 Å². The summed E-state index contributed by atoms with van der Waals surface area (Å²) in [6.45, 7) is 7.13. The molecule has 0 unspecified atom stereocenters. The Morgan fingerprint density at radius 3 is 2.59 bits per heavy atom. The molecule has 1 amide bonds. The molecular weight excluding hydrogens is 300 g/mol. The largest absolute Gasteiger partial charge is 0.334 e. The summed E-state index contributed by atoms with van der Waals surface area (Å²) in [4.78, 5) is 17.6. The fourth-order valence-electron chi connectivity index (χ4n) is 4.14. The van der Waals surface area contributed by atoms with Crippen molar-refractivity contribution in [3.05, 3.63) is 16.4 Å². The van der Waals surface area contributed by atoms with Crippen LogP contribution in [-0.2, 0) is 7.05 Å². The molecule has 2 aliphatic rings. The van der Waals surface area contributed by atoms with Gasteiger partial charge < -0.3 is 4.90 Å². The van der Waals surface area contributed by atoms with E-state index in [1.165, 1.54) is 12.8 Å². The van der Waals surface area contributed by atoms with Crippen LogP contribution in [0.25, 0.3) is 0 Å². The first kappa shape index (κ1) is 15.8. The number of hydrogen-bond donors (Lipinski definition) is 0. The highest BCUT2D eigenvalue weighted by Crippen LogP contribution is 2.32. The van der Waals surface area contributed by atoms with Crippen molar-refractivity contribution in [3.63, 3.8) is 0 Å². The number of hydrogen-bond acceptors (Lipinski definition) is 3. The van der Waals surface area contributed by atoms with Gasteiger partial charge in [0.2, 0.25) is 0 Å². The Bertz CT molecular complexity index is 571. The van der Waals surface area contributed by atoms with Crippen LogP contribution in [0.3, 0.4) is 0 Å². The van der Waals surface area contributed by atoms with Crippen molar-refractivity contribution in [2.45, 2.75) is 51.6 Å². The number of aromatic nitrogens is 2. The molecular formula is C16H25ClN4O. The van der Waals surface area contributed by atoms with E-state index < -0.39 is 0 Å². The van der Waals surface area contributed by atoms with Crippen LogP contribution in [0.5, 0.6) is 0 Å². The normalized spacial score (nSPS) is 26.1. The predicted octanol–water partition coefficient (Wildman–Crippen LogP) is 2.47. The summed E-state index contributed by atoms with van der Waals surface area (Å²) in [6.07, 6.45) is 4.62. The van der Waals surface area contributed by atoms with E-state index in [0.29, 0.717) is 22.8 Å². The monoisotopic (exact) mass is 324 g/mol. The molecule has 2 aliphatic heterocycles. The van der Waals surface area contributed by atoms with Gasteiger partial charge in [-0.3, -0.25) is 14.4 Å². The van der Waals surface area contributed by atoms with Gasteiger partial charge in [0, 0.05) is 25.7 Å². The van der Waals surface area contributed by atoms with Gasteiger partial charge in [-0.1, -0.05) is 18.5 Å². The standard InChI is InChI=1S/C16H25ClN4O/c1-4-20-9-5-7-12(20)13-8-6-10-21(13)16(22)14-11(2)18-19(3)15(14)17/h12-13H,4-10H2,1-3H3/t12-,13+/m1/s1. The van der Waals surface area contributed by atoms with Gasteiger partial charge in [-0.15, -0.1) is 0 Å². The Kier molecular flexibility index (Phi) is 4.46. The van der Waals surface area contributed by atoms with E-state index in [2.05, 4.69) is 21.8 Å². The summed E-state index contributed by atoms with van der Waals surface area (Å²) in [5.74, 6) is 0.0565. The maximum atomic E-state index is 13.0. The predicted molar refractivity (Wildman–Crippen MR) is 87.3 cm³/mol. The number of carbonyl (C=O) groups excluding carboxylic acids is 1. The number of rotatable bonds is 3. The van der Waals surface area contributed by atoms with Crippen LogP contribution in [0.15, 0.2) is 0 Å². The lowest BCUT2D eigenvalue weighted by molar-refractivity contribution is 0.0649. The number of halogens is 1. The molecule has 0 spiro atoms. The Hall–Kier alpha value is -1.07. The SMILES string of the molecule is CCN1CCC[C@@H]1[C@@H]1CCCN1C(=O)c1c(C)nn(C)c1Cl. The van der Waals surface area contributed by atoms with Gasteiger partial charge in [0.1, 0.15) is 5.15 Å². The quantitative estimate of drug-likeness (QED) is 0.857. The lowest BCUT2D eigenvalue weighted by Crippen LogP contribution is -2.48. The fraction of sp³-hybridized carbons (Fsp3) is 0.750. The van der Waals surface area contributed by atoms with Crippen LogP contribution >= 0.6 is 11.6 Å². The summed E-state index contributed by atoms with van der Waals surface area (Å²) >= 11 is 6.29. The van der Waals surface area contributed by atoms with E-state index in [4.69, 9.17) is 11.6 Å². The first-order chi connectivity index (χ1) is 10.5. The van der Waals surface area contributed by atoms with E-state index in [0.717, 1.165) is 38.2 Å². The summed E-state index contributed by atoms with van der Waals surface area (Å²) < 4.78 is 1.59. The molecule has 22 heavy (non-hydrogen) atoms. The number of amides is 1. The molecule has 1 aromatic heterocycles. The van der Waals surface area contributed by atoms with Crippen LogP contribution < -0.4 is 0 Å². The van der Waals surface area contributed by atoms with Crippen LogP contribution in [0.4, 0.5) is 0 Å². The summed E-state index contributed by atoms with van der Waals surface area (Å²) in [6, 6.07) is 0.831. The fourth-order valence-corrected chi connectivity index (χ4v) is 4.40. The minimum atomic E-state index is 0.0565. The third-order valence-electron chi connectivity index (χ3n) is 5.19. The highest BCUT2D eigenvalue weighted by Gasteiger charge is 2.40. The molecule has 0 aliphatic carbocycles. The van der Waals surface area contributed by atoms with E-state index in [9.17, 15) is 4.79 Å². The van der Waals surface area contributed by atoms with Gasteiger partial charge in [-0.2, -0.15) is 5.10 Å². The third-order valence-corrected chi connectivity index (χ3v) is 5.62. The topological polar surface area (TPSA) is 41.4 Å². The summed E-state index contributed by atoms with van der Waals surface area (Å²) in [7, 11) is 1.78. The molecule has 2 atom stereocenters. The minimum absolute atomic E-state index is 0.0565. The maximum Gasteiger partial charge on any atom is 0.259 e. The Balaban J connectivity index is 1.85. The molecule has 5 nitrogen and oxygen atoms in total. The smallest absolute Gasteiger partial charge is 0.259 e. The minimum Gasteiger partial charge on any atom is -0.334 e. The van der Waals surface area contributed by atoms with Gasteiger partial charge in [0.25, 0.3) is 5.91 Å². The number of nitrogens with zero attached hydrogens (tertiary/aromatic N) is 4. The molecule has 3 heterocycles. The molecule has 2 saturated heterocycles. The maximum absolute atomic E-state index is 13.0. The van der Waals surface area contributed by atoms with Crippen molar-refractivity contribution in [2.24, 2.45) is 7.05 Å². The molecule has 0 saturated carbocycles.